The van der Waals surface area contributed by atoms with Gasteiger partial charge in [-0.25, -0.2) is 4.98 Å². The second-order valence-electron chi connectivity index (χ2n) is 6.48. The van der Waals surface area contributed by atoms with Crippen molar-refractivity contribution in [3.8, 4) is 11.3 Å². The molecule has 0 fully saturated rings. The fourth-order valence-corrected chi connectivity index (χ4v) is 3.98. The Morgan fingerprint density at radius 3 is 2.58 bits per heavy atom. The minimum absolute atomic E-state index is 0.0197. The van der Waals surface area contributed by atoms with Gasteiger partial charge in [0.15, 0.2) is 10.9 Å². The van der Waals surface area contributed by atoms with E-state index in [2.05, 4.69) is 10.3 Å². The number of hydrogen-bond acceptors (Lipinski definition) is 6. The summed E-state index contributed by atoms with van der Waals surface area (Å²) in [6.07, 6.45) is 2.29. The van der Waals surface area contributed by atoms with Crippen LogP contribution in [0.4, 0.5) is 10.8 Å². The molecule has 2 heterocycles. The number of nitro benzene ring substituents is 1. The number of anilines is 1. The summed E-state index contributed by atoms with van der Waals surface area (Å²) in [5.41, 5.74) is 1.59. The molecular formula is C21H13Cl2N3O4S. The quantitative estimate of drug-likeness (QED) is 0.255. The number of carbonyl (C=O) groups is 1. The van der Waals surface area contributed by atoms with Crippen molar-refractivity contribution < 1.29 is 14.1 Å². The smallest absolute Gasteiger partial charge is 0.293 e. The Hall–Kier alpha value is -3.20. The van der Waals surface area contributed by atoms with Gasteiger partial charge >= 0.3 is 0 Å². The predicted molar refractivity (Wildman–Crippen MR) is 120 cm³/mol. The van der Waals surface area contributed by atoms with E-state index in [1.807, 2.05) is 6.07 Å². The van der Waals surface area contributed by atoms with Gasteiger partial charge in [0.25, 0.3) is 11.6 Å². The second-order valence-corrected chi connectivity index (χ2v) is 8.41. The standard InChI is InChI=1S/C21H13Cl2N3O4S/c22-16-6-1-12(10-17(16)23)9-15-11-24-21(31-15)25-20(27)19-8-7-18(30-19)13-2-4-14(5-3-13)26(28)29/h1-8,10-11H,9H2,(H,24,25,27). The van der Waals surface area contributed by atoms with E-state index in [4.69, 9.17) is 27.6 Å². The SMILES string of the molecule is O=C(Nc1ncc(Cc2ccc(Cl)c(Cl)c2)s1)c1ccc(-c2ccc([N+](=O)[O-])cc2)o1. The number of nitrogens with one attached hydrogen (secondary N) is 1. The van der Waals surface area contributed by atoms with Gasteiger partial charge in [-0.15, -0.1) is 11.3 Å². The number of nitrogens with zero attached hydrogens (tertiary/aromatic N) is 2. The maximum Gasteiger partial charge on any atom is 0.293 e. The lowest BCUT2D eigenvalue weighted by atomic mass is 10.1. The molecule has 0 aliphatic carbocycles. The molecule has 0 aliphatic rings. The summed E-state index contributed by atoms with van der Waals surface area (Å²) in [6.45, 7) is 0. The minimum Gasteiger partial charge on any atom is -0.451 e. The molecule has 0 spiro atoms. The van der Waals surface area contributed by atoms with Crippen LogP contribution in [0.1, 0.15) is 21.0 Å². The molecule has 0 aliphatic heterocycles. The highest BCUT2D eigenvalue weighted by atomic mass is 35.5. The topological polar surface area (TPSA) is 98.3 Å². The molecule has 4 aromatic rings. The molecular weight excluding hydrogens is 461 g/mol. The van der Waals surface area contributed by atoms with Gasteiger partial charge in [0.1, 0.15) is 5.76 Å². The van der Waals surface area contributed by atoms with Crippen LogP contribution in [0.25, 0.3) is 11.3 Å². The molecule has 4 rings (SSSR count). The molecule has 156 valence electrons. The summed E-state index contributed by atoms with van der Waals surface area (Å²) in [5.74, 6) is 0.0951. The highest BCUT2D eigenvalue weighted by Crippen LogP contribution is 2.28. The maximum atomic E-state index is 12.5. The zero-order valence-corrected chi connectivity index (χ0v) is 18.0. The van der Waals surface area contributed by atoms with Crippen molar-refractivity contribution in [2.24, 2.45) is 0 Å². The zero-order chi connectivity index (χ0) is 22.0. The van der Waals surface area contributed by atoms with Crippen molar-refractivity contribution in [1.29, 1.82) is 0 Å². The molecule has 10 heteroatoms. The van der Waals surface area contributed by atoms with Gasteiger partial charge in [0.2, 0.25) is 0 Å². The lowest BCUT2D eigenvalue weighted by Gasteiger charge is -2.01. The summed E-state index contributed by atoms with van der Waals surface area (Å²) in [5, 5.41) is 14.9. The summed E-state index contributed by atoms with van der Waals surface area (Å²) in [6, 6.07) is 14.5. The third kappa shape index (κ3) is 4.93. The first kappa shape index (κ1) is 21.0. The van der Waals surface area contributed by atoms with Crippen LogP contribution < -0.4 is 5.32 Å². The lowest BCUT2D eigenvalue weighted by molar-refractivity contribution is -0.384. The maximum absolute atomic E-state index is 12.5. The molecule has 0 radical (unpaired) electrons. The molecule has 1 N–H and O–H groups in total. The lowest BCUT2D eigenvalue weighted by Crippen LogP contribution is -2.10. The van der Waals surface area contributed by atoms with Crippen molar-refractivity contribution in [2.75, 3.05) is 5.32 Å². The Kier molecular flexibility index (Phi) is 6.03. The van der Waals surface area contributed by atoms with E-state index >= 15 is 0 Å². The van der Waals surface area contributed by atoms with Gasteiger partial charge in [-0.05, 0) is 42.0 Å². The fraction of sp³-hybridized carbons (Fsp3) is 0.0476. The molecule has 0 saturated carbocycles. The van der Waals surface area contributed by atoms with Gasteiger partial charge in [0, 0.05) is 35.2 Å². The number of amides is 1. The largest absolute Gasteiger partial charge is 0.451 e. The van der Waals surface area contributed by atoms with Crippen LogP contribution in [-0.4, -0.2) is 15.8 Å². The first-order valence-corrected chi connectivity index (χ1v) is 10.5. The Morgan fingerprint density at radius 1 is 1.10 bits per heavy atom. The predicted octanol–water partition coefficient (Wildman–Crippen LogP) is 6.46. The number of furan rings is 1. The Bertz CT molecular complexity index is 1270. The molecule has 0 saturated heterocycles. The first-order valence-electron chi connectivity index (χ1n) is 8.94. The zero-order valence-electron chi connectivity index (χ0n) is 15.7. The molecule has 0 bridgehead atoms. The van der Waals surface area contributed by atoms with Crippen LogP contribution in [0.2, 0.25) is 10.0 Å². The number of rotatable bonds is 6. The van der Waals surface area contributed by atoms with Crippen molar-refractivity contribution in [3.63, 3.8) is 0 Å². The van der Waals surface area contributed by atoms with Crippen molar-refractivity contribution in [1.82, 2.24) is 4.98 Å². The van der Waals surface area contributed by atoms with E-state index in [0.717, 1.165) is 10.4 Å². The van der Waals surface area contributed by atoms with Crippen LogP contribution >= 0.6 is 34.5 Å². The van der Waals surface area contributed by atoms with Gasteiger partial charge in [0.05, 0.1) is 15.0 Å². The van der Waals surface area contributed by atoms with Crippen LogP contribution in [0.3, 0.4) is 0 Å². The third-order valence-electron chi connectivity index (χ3n) is 4.33. The van der Waals surface area contributed by atoms with Crippen molar-refractivity contribution in [3.05, 3.63) is 97.2 Å². The van der Waals surface area contributed by atoms with E-state index in [1.165, 1.54) is 29.5 Å². The van der Waals surface area contributed by atoms with Crippen LogP contribution in [0, 0.1) is 10.1 Å². The van der Waals surface area contributed by atoms with E-state index in [9.17, 15) is 14.9 Å². The van der Waals surface area contributed by atoms with E-state index < -0.39 is 10.8 Å². The normalized spacial score (nSPS) is 10.8. The Balaban J connectivity index is 1.42. The van der Waals surface area contributed by atoms with Crippen molar-refractivity contribution >= 4 is 51.3 Å². The highest BCUT2D eigenvalue weighted by Gasteiger charge is 2.15. The van der Waals surface area contributed by atoms with Crippen LogP contribution in [0.15, 0.2) is 65.2 Å². The average molecular weight is 474 g/mol. The van der Waals surface area contributed by atoms with E-state index in [0.29, 0.717) is 32.9 Å². The summed E-state index contributed by atoms with van der Waals surface area (Å²) < 4.78 is 5.60. The van der Waals surface area contributed by atoms with Crippen LogP contribution in [-0.2, 0) is 6.42 Å². The number of non-ortho nitro benzene ring substituents is 1. The monoisotopic (exact) mass is 473 g/mol. The summed E-state index contributed by atoms with van der Waals surface area (Å²) in [7, 11) is 0. The minimum atomic E-state index is -0.478. The van der Waals surface area contributed by atoms with Crippen LogP contribution in [0.5, 0.6) is 0 Å². The summed E-state index contributed by atoms with van der Waals surface area (Å²) in [4.78, 5) is 28.0. The Morgan fingerprint density at radius 2 is 1.87 bits per heavy atom. The average Bonchev–Trinajstić information content (AvgIpc) is 3.41. The number of thiazole rings is 1. The van der Waals surface area contributed by atoms with E-state index in [-0.39, 0.29) is 11.4 Å². The summed E-state index contributed by atoms with van der Waals surface area (Å²) >= 11 is 13.3. The molecule has 2 aromatic carbocycles. The van der Waals surface area contributed by atoms with Gasteiger partial charge in [-0.3, -0.25) is 20.2 Å². The molecule has 7 nitrogen and oxygen atoms in total. The van der Waals surface area contributed by atoms with Gasteiger partial charge < -0.3 is 4.42 Å². The third-order valence-corrected chi connectivity index (χ3v) is 5.98. The number of carbonyl (C=O) groups excluding carboxylic acids is 1. The first-order chi connectivity index (χ1) is 14.9. The molecule has 1 amide bonds. The number of halogens is 2. The van der Waals surface area contributed by atoms with Gasteiger partial charge in [-0.2, -0.15) is 0 Å². The number of nitro groups is 1. The highest BCUT2D eigenvalue weighted by molar-refractivity contribution is 7.15. The van der Waals surface area contributed by atoms with Gasteiger partial charge in [-0.1, -0.05) is 29.3 Å². The number of benzene rings is 2. The molecule has 0 unspecified atom stereocenters. The molecule has 0 atom stereocenters. The Labute approximate surface area is 190 Å². The number of aromatic nitrogens is 1. The fourth-order valence-electron chi connectivity index (χ4n) is 2.82. The number of hydrogen-bond donors (Lipinski definition) is 1. The molecule has 31 heavy (non-hydrogen) atoms. The van der Waals surface area contributed by atoms with E-state index in [1.54, 1.807) is 36.5 Å². The molecule has 2 aromatic heterocycles. The second kappa shape index (κ2) is 8.89. The van der Waals surface area contributed by atoms with Crippen molar-refractivity contribution in [2.45, 2.75) is 6.42 Å².